The Morgan fingerprint density at radius 3 is 2.18 bits per heavy atom. The summed E-state index contributed by atoms with van der Waals surface area (Å²) in [7, 11) is 0. The zero-order valence-corrected chi connectivity index (χ0v) is 7.01. The summed E-state index contributed by atoms with van der Waals surface area (Å²) >= 11 is 10.4. The average Bonchev–Trinajstić information content (AvgIpc) is 2.05. The summed E-state index contributed by atoms with van der Waals surface area (Å²) in [6.07, 6.45) is 0. The number of halogens is 2. The first-order valence-electron chi connectivity index (χ1n) is 2.93. The molecule has 0 spiro atoms. The fourth-order valence-corrected chi connectivity index (χ4v) is 0.873. The molecule has 0 heterocycles. The monoisotopic (exact) mass is 189 g/mol. The highest BCUT2D eigenvalue weighted by Gasteiger charge is 2.24. The fraction of sp³-hybridized carbons (Fsp3) is 0. The third kappa shape index (κ3) is 2.19. The Morgan fingerprint density at radius 2 is 1.73 bits per heavy atom. The summed E-state index contributed by atoms with van der Waals surface area (Å²) in [5, 5.41) is 0. The molecule has 1 rings (SSSR count). The fourth-order valence-electron chi connectivity index (χ4n) is 0.678. The first-order valence-corrected chi connectivity index (χ1v) is 3.60. The molecular weight excluding hydrogens is 185 g/mol. The van der Waals surface area contributed by atoms with Crippen molar-refractivity contribution in [1.29, 1.82) is 0 Å². The van der Waals surface area contributed by atoms with Crippen LogP contribution in [0.5, 0.6) is 0 Å². The van der Waals surface area contributed by atoms with Crippen molar-refractivity contribution >= 4 is 29.5 Å². The molecular formula is C7H5Cl2NO+. The van der Waals surface area contributed by atoms with Gasteiger partial charge in [0.25, 0.3) is 23.6 Å². The van der Waals surface area contributed by atoms with Gasteiger partial charge in [-0.2, -0.15) is 0 Å². The van der Waals surface area contributed by atoms with Crippen molar-refractivity contribution in [3.05, 3.63) is 35.9 Å². The summed E-state index contributed by atoms with van der Waals surface area (Å²) in [5.74, 6) is -0.422. The van der Waals surface area contributed by atoms with Crippen molar-refractivity contribution in [3.8, 4) is 0 Å². The van der Waals surface area contributed by atoms with E-state index in [1.807, 2.05) is 6.07 Å². The number of rotatable bonds is 1. The van der Waals surface area contributed by atoms with E-state index in [2.05, 4.69) is 0 Å². The van der Waals surface area contributed by atoms with Gasteiger partial charge in [-0.1, -0.05) is 18.2 Å². The summed E-state index contributed by atoms with van der Waals surface area (Å²) in [6.45, 7) is 0. The SMILES string of the molecule is O=C(c1ccccc1)[N+](Cl)Cl. The second-order valence-electron chi connectivity index (χ2n) is 1.90. The molecule has 11 heavy (non-hydrogen) atoms. The molecule has 0 N–H and O–H groups in total. The van der Waals surface area contributed by atoms with Crippen LogP contribution in [0.2, 0.25) is 0 Å². The molecule has 0 fully saturated rings. The average molecular weight is 190 g/mol. The van der Waals surface area contributed by atoms with Crippen molar-refractivity contribution in [3.63, 3.8) is 0 Å². The van der Waals surface area contributed by atoms with Gasteiger partial charge in [0.05, 0.1) is 5.56 Å². The van der Waals surface area contributed by atoms with Crippen LogP contribution in [0.15, 0.2) is 30.3 Å². The summed E-state index contributed by atoms with van der Waals surface area (Å²) in [5.41, 5.74) is 0.470. The van der Waals surface area contributed by atoms with Gasteiger partial charge < -0.3 is 0 Å². The van der Waals surface area contributed by atoms with Gasteiger partial charge in [0.15, 0.2) is 0 Å². The molecule has 0 aliphatic carbocycles. The Balaban J connectivity index is 2.86. The maximum absolute atomic E-state index is 11.0. The predicted molar refractivity (Wildman–Crippen MR) is 44.6 cm³/mol. The van der Waals surface area contributed by atoms with Crippen molar-refractivity contribution in [2.75, 3.05) is 0 Å². The number of amides is 1. The molecule has 2 nitrogen and oxygen atoms in total. The van der Waals surface area contributed by atoms with Gasteiger partial charge in [-0.05, 0) is 12.1 Å². The molecule has 57 valence electrons. The number of carbonyl (C=O) groups excluding carboxylic acids is 1. The molecule has 1 amide bonds. The molecule has 0 aliphatic rings. The van der Waals surface area contributed by atoms with E-state index in [0.29, 0.717) is 9.50 Å². The molecule has 0 aromatic heterocycles. The molecule has 1 radical (unpaired) electrons. The van der Waals surface area contributed by atoms with E-state index < -0.39 is 5.91 Å². The van der Waals surface area contributed by atoms with Crippen LogP contribution in [0.3, 0.4) is 0 Å². The number of hydrogen-bond donors (Lipinski definition) is 0. The van der Waals surface area contributed by atoms with E-state index >= 15 is 0 Å². The largest absolute Gasteiger partial charge is 0.434 e. The second-order valence-corrected chi connectivity index (χ2v) is 2.75. The quantitative estimate of drug-likeness (QED) is 0.623. The Kier molecular flexibility index (Phi) is 2.88. The first kappa shape index (κ1) is 8.53. The van der Waals surface area contributed by atoms with Crippen molar-refractivity contribution < 1.29 is 4.79 Å². The molecule has 1 aromatic rings. The zero-order valence-electron chi connectivity index (χ0n) is 5.50. The zero-order chi connectivity index (χ0) is 8.27. The number of benzene rings is 1. The van der Waals surface area contributed by atoms with Crippen molar-refractivity contribution in [2.45, 2.75) is 0 Å². The lowest BCUT2D eigenvalue weighted by Gasteiger charge is -1.89. The van der Waals surface area contributed by atoms with Crippen molar-refractivity contribution in [2.24, 2.45) is 0 Å². The minimum absolute atomic E-state index is 0.422. The third-order valence-corrected chi connectivity index (χ3v) is 1.48. The molecule has 0 saturated carbocycles. The van der Waals surface area contributed by atoms with E-state index in [1.54, 1.807) is 24.3 Å². The van der Waals surface area contributed by atoms with Crippen LogP contribution in [-0.2, 0) is 0 Å². The van der Waals surface area contributed by atoms with Crippen LogP contribution in [0.25, 0.3) is 0 Å². The van der Waals surface area contributed by atoms with E-state index in [4.69, 9.17) is 23.6 Å². The van der Waals surface area contributed by atoms with E-state index in [-0.39, 0.29) is 0 Å². The molecule has 0 bridgehead atoms. The van der Waals surface area contributed by atoms with Crippen LogP contribution < -0.4 is 3.94 Å². The Morgan fingerprint density at radius 1 is 1.18 bits per heavy atom. The Hall–Kier alpha value is -0.570. The molecule has 4 heteroatoms. The summed E-state index contributed by atoms with van der Waals surface area (Å²) in [6, 6.07) is 8.57. The van der Waals surface area contributed by atoms with Gasteiger partial charge in [-0.25, -0.2) is 4.79 Å². The third-order valence-electron chi connectivity index (χ3n) is 1.17. The highest BCUT2D eigenvalue weighted by molar-refractivity contribution is 6.46. The van der Waals surface area contributed by atoms with Gasteiger partial charge in [-0.15, -0.1) is 0 Å². The molecule has 1 aromatic carbocycles. The normalized spacial score (nSPS) is 10.1. The lowest BCUT2D eigenvalue weighted by atomic mass is 10.2. The van der Waals surface area contributed by atoms with Gasteiger partial charge in [0, 0.05) is 0 Å². The Bertz CT molecular complexity index is 248. The topological polar surface area (TPSA) is 23.0 Å². The van der Waals surface area contributed by atoms with Crippen LogP contribution >= 0.6 is 23.6 Å². The van der Waals surface area contributed by atoms with Crippen LogP contribution in [0.1, 0.15) is 10.4 Å². The van der Waals surface area contributed by atoms with Crippen LogP contribution in [-0.4, -0.2) is 5.91 Å². The van der Waals surface area contributed by atoms with E-state index in [0.717, 1.165) is 0 Å². The minimum atomic E-state index is -0.422. The standard InChI is InChI=1S/C7H5Cl2NO/c8-10(9)7(11)6-4-2-1-3-5-6/h1-5H/q+1. The first-order chi connectivity index (χ1) is 5.22. The van der Waals surface area contributed by atoms with E-state index in [1.165, 1.54) is 0 Å². The highest BCUT2D eigenvalue weighted by Crippen LogP contribution is 2.05. The molecule has 0 saturated heterocycles. The minimum Gasteiger partial charge on any atom is -0.216 e. The van der Waals surface area contributed by atoms with Gasteiger partial charge in [-0.3, -0.25) is 0 Å². The number of carbonyl (C=O) groups is 1. The maximum atomic E-state index is 11.0. The number of nitrogens with zero attached hydrogens (tertiary/aromatic N) is 1. The van der Waals surface area contributed by atoms with E-state index in [9.17, 15) is 4.79 Å². The molecule has 0 atom stereocenters. The predicted octanol–water partition coefficient (Wildman–Crippen LogP) is 2.27. The molecule has 0 unspecified atom stereocenters. The van der Waals surface area contributed by atoms with Crippen molar-refractivity contribution in [1.82, 2.24) is 3.94 Å². The van der Waals surface area contributed by atoms with Gasteiger partial charge in [0.1, 0.15) is 3.94 Å². The Labute approximate surface area is 74.5 Å². The summed E-state index contributed by atoms with van der Waals surface area (Å²) < 4.78 is 0.509. The second kappa shape index (κ2) is 3.72. The molecule has 0 aliphatic heterocycles. The van der Waals surface area contributed by atoms with Crippen LogP contribution in [0.4, 0.5) is 0 Å². The lowest BCUT2D eigenvalue weighted by Crippen LogP contribution is -2.15. The maximum Gasteiger partial charge on any atom is 0.434 e. The summed E-state index contributed by atoms with van der Waals surface area (Å²) in [4.78, 5) is 11.0. The van der Waals surface area contributed by atoms with Gasteiger partial charge >= 0.3 is 5.91 Å². The van der Waals surface area contributed by atoms with Crippen LogP contribution in [0, 0.1) is 0 Å². The lowest BCUT2D eigenvalue weighted by molar-refractivity contribution is 0.0962. The smallest absolute Gasteiger partial charge is 0.216 e. The van der Waals surface area contributed by atoms with Gasteiger partial charge in [0.2, 0.25) is 0 Å². The number of hydrogen-bond acceptors (Lipinski definition) is 1. The highest BCUT2D eigenvalue weighted by atomic mass is 35.5.